The van der Waals surface area contributed by atoms with E-state index >= 15 is 0 Å². The Morgan fingerprint density at radius 2 is 1.72 bits per heavy atom. The number of ether oxygens (including phenoxy) is 1. The summed E-state index contributed by atoms with van der Waals surface area (Å²) < 4.78 is 5.18. The number of nitrogens with one attached hydrogen (secondary N) is 2. The average Bonchev–Trinajstić information content (AvgIpc) is 3.47. The molecular weight excluding hydrogens is 422 g/mol. The van der Waals surface area contributed by atoms with Gasteiger partial charge in [0.05, 0.1) is 12.8 Å². The Bertz CT molecular complexity index is 1310. The van der Waals surface area contributed by atoms with E-state index in [9.17, 15) is 9.59 Å². The van der Waals surface area contributed by atoms with Crippen LogP contribution in [-0.4, -0.2) is 23.9 Å². The van der Waals surface area contributed by atoms with Gasteiger partial charge in [-0.15, -0.1) is 11.3 Å². The topological polar surface area (TPSA) is 80.3 Å². The van der Waals surface area contributed by atoms with Gasteiger partial charge in [-0.3, -0.25) is 9.59 Å². The molecule has 6 nitrogen and oxygen atoms in total. The van der Waals surface area contributed by atoms with Gasteiger partial charge in [0.15, 0.2) is 5.01 Å². The summed E-state index contributed by atoms with van der Waals surface area (Å²) >= 11 is 1.30. The second kappa shape index (κ2) is 8.28. The number of thiazole rings is 1. The van der Waals surface area contributed by atoms with Gasteiger partial charge in [0.25, 0.3) is 11.8 Å². The van der Waals surface area contributed by atoms with E-state index in [0.717, 1.165) is 39.3 Å². The fraction of sp³-hybridized carbons (Fsp3) is 0.0800. The monoisotopic (exact) mass is 441 g/mol. The molecule has 0 fully saturated rings. The molecule has 0 unspecified atom stereocenters. The largest absolute Gasteiger partial charge is 0.497 e. The molecule has 1 aromatic heterocycles. The first-order valence-electron chi connectivity index (χ1n) is 10.0. The van der Waals surface area contributed by atoms with Crippen LogP contribution in [0.3, 0.4) is 0 Å². The Balaban J connectivity index is 1.31. The number of carbonyl (C=O) groups excluding carboxylic acids is 2. The molecule has 2 heterocycles. The summed E-state index contributed by atoms with van der Waals surface area (Å²) in [6, 6.07) is 20.9. The zero-order valence-corrected chi connectivity index (χ0v) is 18.0. The van der Waals surface area contributed by atoms with E-state index < -0.39 is 0 Å². The molecule has 3 aromatic carbocycles. The molecule has 0 radical (unpaired) electrons. The van der Waals surface area contributed by atoms with Crippen LogP contribution in [0, 0.1) is 0 Å². The molecule has 0 aliphatic carbocycles. The van der Waals surface area contributed by atoms with Gasteiger partial charge < -0.3 is 15.4 Å². The van der Waals surface area contributed by atoms with Gasteiger partial charge in [-0.25, -0.2) is 4.98 Å². The second-order valence-electron chi connectivity index (χ2n) is 7.31. The smallest absolute Gasteiger partial charge is 0.284 e. The molecule has 0 spiro atoms. The number of benzene rings is 3. The van der Waals surface area contributed by atoms with Crippen LogP contribution in [0.2, 0.25) is 0 Å². The Morgan fingerprint density at radius 1 is 1.00 bits per heavy atom. The molecule has 0 bridgehead atoms. The normalized spacial score (nSPS) is 12.2. The summed E-state index contributed by atoms with van der Waals surface area (Å²) in [5.74, 6) is 0.481. The van der Waals surface area contributed by atoms with Crippen molar-refractivity contribution in [2.24, 2.45) is 0 Å². The van der Waals surface area contributed by atoms with Crippen LogP contribution in [0.1, 0.15) is 25.7 Å². The number of hydrogen-bond acceptors (Lipinski definition) is 5. The molecule has 158 valence electrons. The van der Waals surface area contributed by atoms with Crippen LogP contribution in [-0.2, 0) is 6.54 Å². The summed E-state index contributed by atoms with van der Waals surface area (Å²) in [6.45, 7) is 0.531. The summed E-state index contributed by atoms with van der Waals surface area (Å²) in [7, 11) is 1.62. The third kappa shape index (κ3) is 3.74. The number of hydrogen-bond donors (Lipinski definition) is 2. The maximum absolute atomic E-state index is 12.7. The molecule has 0 saturated heterocycles. The van der Waals surface area contributed by atoms with E-state index in [-0.39, 0.29) is 11.8 Å². The fourth-order valence-corrected chi connectivity index (χ4v) is 4.44. The molecule has 0 saturated carbocycles. The van der Waals surface area contributed by atoms with Crippen molar-refractivity contribution in [2.45, 2.75) is 6.54 Å². The molecule has 5 rings (SSSR count). The van der Waals surface area contributed by atoms with Crippen LogP contribution in [0.4, 0.5) is 5.69 Å². The number of fused-ring (bicyclic) bond motifs is 1. The molecule has 2 amide bonds. The van der Waals surface area contributed by atoms with Gasteiger partial charge in [-0.2, -0.15) is 0 Å². The maximum atomic E-state index is 12.7. The van der Waals surface area contributed by atoms with Gasteiger partial charge in [0.2, 0.25) is 0 Å². The summed E-state index contributed by atoms with van der Waals surface area (Å²) in [6.07, 6.45) is 0. The number of anilines is 1. The van der Waals surface area contributed by atoms with Gasteiger partial charge >= 0.3 is 0 Å². The van der Waals surface area contributed by atoms with E-state index in [1.165, 1.54) is 11.3 Å². The number of amides is 2. The highest BCUT2D eigenvalue weighted by Crippen LogP contribution is 2.30. The SMILES string of the molecule is COc1ccc(-c2csc(C(=O)Nc3ccc(-c4cccc5c4CNC5=O)cc3)n2)cc1. The minimum atomic E-state index is -0.252. The van der Waals surface area contributed by atoms with Crippen molar-refractivity contribution in [3.8, 4) is 28.1 Å². The lowest BCUT2D eigenvalue weighted by molar-refractivity contribution is 0.0964. The zero-order valence-electron chi connectivity index (χ0n) is 17.2. The molecule has 4 aromatic rings. The van der Waals surface area contributed by atoms with Crippen molar-refractivity contribution in [2.75, 3.05) is 12.4 Å². The van der Waals surface area contributed by atoms with Crippen molar-refractivity contribution in [3.05, 3.63) is 88.2 Å². The third-order valence-electron chi connectivity index (χ3n) is 5.38. The number of aromatic nitrogens is 1. The lowest BCUT2D eigenvalue weighted by Gasteiger charge is -2.09. The Kier molecular flexibility index (Phi) is 5.17. The third-order valence-corrected chi connectivity index (χ3v) is 6.23. The second-order valence-corrected chi connectivity index (χ2v) is 8.17. The van der Waals surface area contributed by atoms with Gasteiger partial charge in [0.1, 0.15) is 5.75 Å². The van der Waals surface area contributed by atoms with Crippen LogP contribution in [0.25, 0.3) is 22.4 Å². The average molecular weight is 442 g/mol. The van der Waals surface area contributed by atoms with Gasteiger partial charge in [-0.1, -0.05) is 24.3 Å². The number of carbonyl (C=O) groups is 2. The van der Waals surface area contributed by atoms with Crippen molar-refractivity contribution < 1.29 is 14.3 Å². The van der Waals surface area contributed by atoms with E-state index in [0.29, 0.717) is 17.2 Å². The lowest BCUT2D eigenvalue weighted by atomic mass is 9.97. The standard InChI is InChI=1S/C25H19N3O3S/c1-31-18-11-7-16(8-12-18)22-14-32-25(28-22)24(30)27-17-9-5-15(6-10-17)19-3-2-4-20-21(19)13-26-23(20)29/h2-12,14H,13H2,1H3,(H,26,29)(H,27,30). The quantitative estimate of drug-likeness (QED) is 0.458. The zero-order chi connectivity index (χ0) is 22.1. The molecule has 2 N–H and O–H groups in total. The predicted molar refractivity (Wildman–Crippen MR) is 125 cm³/mol. The van der Waals surface area contributed by atoms with Crippen molar-refractivity contribution in [1.82, 2.24) is 10.3 Å². The molecule has 1 aliphatic heterocycles. The minimum absolute atomic E-state index is 0.0387. The van der Waals surface area contributed by atoms with Crippen LogP contribution in [0.5, 0.6) is 5.75 Å². The predicted octanol–water partition coefficient (Wildman–Crippen LogP) is 4.98. The van der Waals surface area contributed by atoms with E-state index in [2.05, 4.69) is 15.6 Å². The Labute approximate surface area is 188 Å². The molecule has 1 aliphatic rings. The molecular formula is C25H19N3O3S. The van der Waals surface area contributed by atoms with E-state index in [4.69, 9.17) is 4.74 Å². The minimum Gasteiger partial charge on any atom is -0.497 e. The number of rotatable bonds is 5. The van der Waals surface area contributed by atoms with Gasteiger partial charge in [-0.05, 0) is 59.2 Å². The number of methoxy groups -OCH3 is 1. The van der Waals surface area contributed by atoms with Crippen molar-refractivity contribution in [1.29, 1.82) is 0 Å². The van der Waals surface area contributed by atoms with Gasteiger partial charge in [0, 0.05) is 28.7 Å². The summed E-state index contributed by atoms with van der Waals surface area (Å²) in [5, 5.41) is 8.02. The molecule has 7 heteroatoms. The highest BCUT2D eigenvalue weighted by molar-refractivity contribution is 7.12. The summed E-state index contributed by atoms with van der Waals surface area (Å²) in [4.78, 5) is 29.1. The Hall–Kier alpha value is -3.97. The Morgan fingerprint density at radius 3 is 2.47 bits per heavy atom. The van der Waals surface area contributed by atoms with Crippen molar-refractivity contribution >= 4 is 28.8 Å². The van der Waals surface area contributed by atoms with E-state index in [1.54, 1.807) is 7.11 Å². The lowest BCUT2D eigenvalue weighted by Crippen LogP contribution is -2.12. The first-order valence-corrected chi connectivity index (χ1v) is 10.9. The van der Waals surface area contributed by atoms with E-state index in [1.807, 2.05) is 72.1 Å². The molecule has 32 heavy (non-hydrogen) atoms. The van der Waals surface area contributed by atoms with Crippen molar-refractivity contribution in [3.63, 3.8) is 0 Å². The fourth-order valence-electron chi connectivity index (χ4n) is 3.71. The summed E-state index contributed by atoms with van der Waals surface area (Å²) in [5.41, 5.74) is 6.09. The maximum Gasteiger partial charge on any atom is 0.284 e. The van der Waals surface area contributed by atoms with Crippen LogP contribution >= 0.6 is 11.3 Å². The first-order chi connectivity index (χ1) is 15.6. The first kappa shape index (κ1) is 20.0. The number of nitrogens with zero attached hydrogens (tertiary/aromatic N) is 1. The molecule has 0 atom stereocenters. The highest BCUT2D eigenvalue weighted by atomic mass is 32.1. The highest BCUT2D eigenvalue weighted by Gasteiger charge is 2.21. The van der Waals surface area contributed by atoms with Crippen LogP contribution in [0.15, 0.2) is 72.1 Å². The van der Waals surface area contributed by atoms with Crippen LogP contribution < -0.4 is 15.4 Å².